The zero-order valence-corrected chi connectivity index (χ0v) is 10.2. The van der Waals surface area contributed by atoms with Crippen LogP contribution in [0.4, 0.5) is 0 Å². The van der Waals surface area contributed by atoms with Crippen molar-refractivity contribution in [3.8, 4) is 0 Å². The van der Waals surface area contributed by atoms with Gasteiger partial charge in [-0.3, -0.25) is 11.3 Å². The molecule has 1 aromatic rings. The smallest absolute Gasteiger partial charge is 0.0302 e. The molecule has 3 N–H and O–H groups in total. The zero-order valence-electron chi connectivity index (χ0n) is 10.2. The SMILES string of the molecule is CC(C)C(NN)C1CCCc2ccccc21. The lowest BCUT2D eigenvalue weighted by Gasteiger charge is -2.34. The van der Waals surface area contributed by atoms with E-state index >= 15 is 0 Å². The Morgan fingerprint density at radius 2 is 2.06 bits per heavy atom. The molecule has 0 radical (unpaired) electrons. The van der Waals surface area contributed by atoms with Crippen LogP contribution in [-0.2, 0) is 6.42 Å². The van der Waals surface area contributed by atoms with E-state index in [-0.39, 0.29) is 0 Å². The van der Waals surface area contributed by atoms with Crippen molar-refractivity contribution in [1.82, 2.24) is 5.43 Å². The van der Waals surface area contributed by atoms with Crippen molar-refractivity contribution in [1.29, 1.82) is 0 Å². The van der Waals surface area contributed by atoms with Gasteiger partial charge in [-0.1, -0.05) is 38.1 Å². The fraction of sp³-hybridized carbons (Fsp3) is 0.571. The van der Waals surface area contributed by atoms with Crippen molar-refractivity contribution in [3.63, 3.8) is 0 Å². The second-order valence-electron chi connectivity index (χ2n) is 5.13. The molecule has 2 heteroatoms. The first kappa shape index (κ1) is 11.6. The van der Waals surface area contributed by atoms with Crippen LogP contribution >= 0.6 is 0 Å². The number of rotatable bonds is 3. The van der Waals surface area contributed by atoms with E-state index in [0.29, 0.717) is 17.9 Å². The fourth-order valence-corrected chi connectivity index (χ4v) is 2.94. The van der Waals surface area contributed by atoms with Crippen LogP contribution < -0.4 is 11.3 Å². The minimum absolute atomic E-state index is 0.390. The van der Waals surface area contributed by atoms with Gasteiger partial charge in [-0.05, 0) is 36.3 Å². The molecule has 0 fully saturated rings. The molecule has 0 saturated heterocycles. The van der Waals surface area contributed by atoms with Crippen LogP contribution in [0, 0.1) is 5.92 Å². The standard InChI is InChI=1S/C14H22N2/c1-10(2)14(16-15)13-9-5-7-11-6-3-4-8-12(11)13/h3-4,6,8,10,13-14,16H,5,7,9,15H2,1-2H3. The number of hydrazine groups is 1. The lowest BCUT2D eigenvalue weighted by Crippen LogP contribution is -2.44. The largest absolute Gasteiger partial charge is 0.271 e. The van der Waals surface area contributed by atoms with E-state index in [1.165, 1.54) is 30.4 Å². The molecule has 0 aromatic heterocycles. The van der Waals surface area contributed by atoms with Gasteiger partial charge in [-0.25, -0.2) is 0 Å². The highest BCUT2D eigenvalue weighted by molar-refractivity contribution is 5.33. The quantitative estimate of drug-likeness (QED) is 0.604. The van der Waals surface area contributed by atoms with E-state index in [1.54, 1.807) is 0 Å². The van der Waals surface area contributed by atoms with Gasteiger partial charge in [0, 0.05) is 12.0 Å². The van der Waals surface area contributed by atoms with Crippen LogP contribution in [0.3, 0.4) is 0 Å². The Morgan fingerprint density at radius 1 is 1.31 bits per heavy atom. The zero-order chi connectivity index (χ0) is 11.5. The van der Waals surface area contributed by atoms with Crippen molar-refractivity contribution in [2.75, 3.05) is 0 Å². The van der Waals surface area contributed by atoms with Crippen molar-refractivity contribution >= 4 is 0 Å². The third-order valence-electron chi connectivity index (χ3n) is 3.76. The van der Waals surface area contributed by atoms with E-state index in [9.17, 15) is 0 Å². The molecule has 88 valence electrons. The number of fused-ring (bicyclic) bond motifs is 1. The van der Waals surface area contributed by atoms with E-state index < -0.39 is 0 Å². The summed E-state index contributed by atoms with van der Waals surface area (Å²) in [5.41, 5.74) is 6.03. The summed E-state index contributed by atoms with van der Waals surface area (Å²) in [6, 6.07) is 9.20. The maximum Gasteiger partial charge on any atom is 0.0302 e. The van der Waals surface area contributed by atoms with Gasteiger partial charge in [-0.2, -0.15) is 0 Å². The fourth-order valence-electron chi connectivity index (χ4n) is 2.94. The second-order valence-corrected chi connectivity index (χ2v) is 5.13. The molecule has 2 nitrogen and oxygen atoms in total. The summed E-state index contributed by atoms with van der Waals surface area (Å²) < 4.78 is 0. The topological polar surface area (TPSA) is 38.0 Å². The second kappa shape index (κ2) is 4.98. The Bertz CT molecular complexity index is 346. The van der Waals surface area contributed by atoms with E-state index in [2.05, 4.69) is 43.5 Å². The maximum atomic E-state index is 5.71. The van der Waals surface area contributed by atoms with Crippen LogP contribution in [0.5, 0.6) is 0 Å². The molecule has 0 saturated carbocycles. The predicted molar refractivity (Wildman–Crippen MR) is 68.1 cm³/mol. The molecule has 1 aliphatic carbocycles. The van der Waals surface area contributed by atoms with Gasteiger partial charge in [0.2, 0.25) is 0 Å². The van der Waals surface area contributed by atoms with Crippen LogP contribution in [-0.4, -0.2) is 6.04 Å². The number of benzene rings is 1. The Hall–Kier alpha value is -0.860. The summed E-state index contributed by atoms with van der Waals surface area (Å²) in [5, 5.41) is 0. The van der Waals surface area contributed by atoms with Crippen LogP contribution in [0.15, 0.2) is 24.3 Å². The number of nitrogens with two attached hydrogens (primary N) is 1. The first-order chi connectivity index (χ1) is 7.74. The highest BCUT2D eigenvalue weighted by atomic mass is 15.2. The van der Waals surface area contributed by atoms with Gasteiger partial charge < -0.3 is 0 Å². The monoisotopic (exact) mass is 218 g/mol. The maximum absolute atomic E-state index is 5.71. The highest BCUT2D eigenvalue weighted by Gasteiger charge is 2.28. The van der Waals surface area contributed by atoms with Crippen molar-refractivity contribution in [2.45, 2.75) is 45.1 Å². The lowest BCUT2D eigenvalue weighted by atomic mass is 9.76. The molecular formula is C14H22N2. The van der Waals surface area contributed by atoms with Gasteiger partial charge in [-0.15, -0.1) is 0 Å². The Labute approximate surface area is 98.2 Å². The van der Waals surface area contributed by atoms with Gasteiger partial charge >= 0.3 is 0 Å². The third-order valence-corrected chi connectivity index (χ3v) is 3.76. The van der Waals surface area contributed by atoms with E-state index in [0.717, 1.165) is 0 Å². The average molecular weight is 218 g/mol. The Kier molecular flexibility index (Phi) is 3.62. The minimum Gasteiger partial charge on any atom is -0.271 e. The molecule has 0 heterocycles. The number of hydrogen-bond acceptors (Lipinski definition) is 2. The molecular weight excluding hydrogens is 196 g/mol. The third kappa shape index (κ3) is 2.13. The first-order valence-electron chi connectivity index (χ1n) is 6.28. The Morgan fingerprint density at radius 3 is 2.75 bits per heavy atom. The first-order valence-corrected chi connectivity index (χ1v) is 6.28. The molecule has 0 aliphatic heterocycles. The molecule has 0 bridgehead atoms. The normalized spacial score (nSPS) is 21.9. The van der Waals surface area contributed by atoms with Gasteiger partial charge in [0.15, 0.2) is 0 Å². The van der Waals surface area contributed by atoms with Crippen LogP contribution in [0.1, 0.15) is 43.7 Å². The van der Waals surface area contributed by atoms with Crippen LogP contribution in [0.25, 0.3) is 0 Å². The molecule has 16 heavy (non-hydrogen) atoms. The van der Waals surface area contributed by atoms with Gasteiger partial charge in [0.25, 0.3) is 0 Å². The Balaban J connectivity index is 2.30. The molecule has 2 atom stereocenters. The highest BCUT2D eigenvalue weighted by Crippen LogP contribution is 2.35. The van der Waals surface area contributed by atoms with E-state index in [1.807, 2.05) is 0 Å². The molecule has 2 rings (SSSR count). The number of hydrogen-bond donors (Lipinski definition) is 2. The number of nitrogens with one attached hydrogen (secondary N) is 1. The van der Waals surface area contributed by atoms with Crippen molar-refractivity contribution in [2.24, 2.45) is 11.8 Å². The van der Waals surface area contributed by atoms with Gasteiger partial charge in [0.05, 0.1) is 0 Å². The molecule has 2 unspecified atom stereocenters. The summed E-state index contributed by atoms with van der Waals surface area (Å²) in [7, 11) is 0. The van der Waals surface area contributed by atoms with Gasteiger partial charge in [0.1, 0.15) is 0 Å². The van der Waals surface area contributed by atoms with Crippen molar-refractivity contribution < 1.29 is 0 Å². The molecule has 0 amide bonds. The summed E-state index contributed by atoms with van der Waals surface area (Å²) >= 11 is 0. The number of aryl methyl sites for hydroxylation is 1. The van der Waals surface area contributed by atoms with E-state index in [4.69, 9.17) is 5.84 Å². The predicted octanol–water partition coefficient (Wildman–Crippen LogP) is 2.59. The molecule has 0 spiro atoms. The minimum atomic E-state index is 0.390. The summed E-state index contributed by atoms with van der Waals surface area (Å²) in [6.45, 7) is 4.48. The average Bonchev–Trinajstić information content (AvgIpc) is 2.30. The summed E-state index contributed by atoms with van der Waals surface area (Å²) in [4.78, 5) is 0. The lowest BCUT2D eigenvalue weighted by molar-refractivity contribution is 0.321. The van der Waals surface area contributed by atoms with Crippen molar-refractivity contribution in [3.05, 3.63) is 35.4 Å². The van der Waals surface area contributed by atoms with Crippen LogP contribution in [0.2, 0.25) is 0 Å². The summed E-state index contributed by atoms with van der Waals surface area (Å²) in [5.74, 6) is 6.86. The summed E-state index contributed by atoms with van der Waals surface area (Å²) in [6.07, 6.45) is 3.76. The molecule has 1 aliphatic rings. The molecule has 1 aromatic carbocycles.